The molecule has 178 valence electrons. The Hall–Kier alpha value is -3.05. The number of para-hydroxylation sites is 1. The number of carbonyl (C=O) groups is 2. The molecule has 1 aliphatic rings. The molecule has 1 aliphatic heterocycles. The fourth-order valence-electron chi connectivity index (χ4n) is 3.67. The summed E-state index contributed by atoms with van der Waals surface area (Å²) >= 11 is 1.46. The Morgan fingerprint density at radius 3 is 2.70 bits per heavy atom. The third-order valence-electron chi connectivity index (χ3n) is 5.21. The van der Waals surface area contributed by atoms with E-state index in [0.717, 1.165) is 10.6 Å². The van der Waals surface area contributed by atoms with Crippen molar-refractivity contribution in [3.63, 3.8) is 0 Å². The lowest BCUT2D eigenvalue weighted by atomic mass is 10.2. The van der Waals surface area contributed by atoms with Crippen molar-refractivity contribution in [2.75, 3.05) is 48.1 Å². The first-order valence-corrected chi connectivity index (χ1v) is 11.7. The second-order valence-electron chi connectivity index (χ2n) is 8.09. The van der Waals surface area contributed by atoms with Gasteiger partial charge in [0.1, 0.15) is 5.82 Å². The third kappa shape index (κ3) is 5.48. The molecule has 2 aromatic rings. The van der Waals surface area contributed by atoms with Gasteiger partial charge in [-0.2, -0.15) is 0 Å². The lowest BCUT2D eigenvalue weighted by Crippen LogP contribution is -2.44. The molecule has 0 atom stereocenters. The normalized spacial score (nSPS) is 13.3. The van der Waals surface area contributed by atoms with Gasteiger partial charge in [-0.1, -0.05) is 26.0 Å². The first kappa shape index (κ1) is 24.6. The molecule has 0 spiro atoms. The molecule has 33 heavy (non-hydrogen) atoms. The molecule has 0 unspecified atom stereocenters. The van der Waals surface area contributed by atoms with Gasteiger partial charge in [0.05, 0.1) is 18.0 Å². The quantitative estimate of drug-likeness (QED) is 0.559. The topological polar surface area (TPSA) is 131 Å². The molecule has 3 rings (SSSR count). The van der Waals surface area contributed by atoms with Crippen LogP contribution >= 0.6 is 11.8 Å². The van der Waals surface area contributed by atoms with Gasteiger partial charge < -0.3 is 20.3 Å². The van der Waals surface area contributed by atoms with Crippen molar-refractivity contribution in [2.24, 2.45) is 5.92 Å². The van der Waals surface area contributed by atoms with Crippen molar-refractivity contribution in [3.05, 3.63) is 45.1 Å². The molecular weight excluding hydrogens is 446 g/mol. The second kappa shape index (κ2) is 10.7. The second-order valence-corrected chi connectivity index (χ2v) is 9.10. The van der Waals surface area contributed by atoms with Gasteiger partial charge >= 0.3 is 5.69 Å². The van der Waals surface area contributed by atoms with E-state index >= 15 is 0 Å². The number of H-pyrrole nitrogens is 1. The zero-order valence-electron chi connectivity index (χ0n) is 19.0. The zero-order valence-corrected chi connectivity index (χ0v) is 19.8. The highest BCUT2D eigenvalue weighted by molar-refractivity contribution is 8.00. The molecule has 1 aromatic heterocycles. The van der Waals surface area contributed by atoms with Gasteiger partial charge in [-0.3, -0.25) is 23.9 Å². The number of nitrogens with two attached hydrogens (primary N) is 1. The molecule has 1 aromatic carbocycles. The molecule has 0 bridgehead atoms. The number of aromatic amines is 1. The SMILES string of the molecule is COCCN(C(=O)CCN1C(=O)CSc2ccccc21)c1c(N)n(CC(C)C)c(=O)[nH]c1=O. The van der Waals surface area contributed by atoms with Crippen LogP contribution in [0.15, 0.2) is 38.8 Å². The van der Waals surface area contributed by atoms with Crippen molar-refractivity contribution in [1.82, 2.24) is 9.55 Å². The minimum atomic E-state index is -0.738. The van der Waals surface area contributed by atoms with E-state index in [1.54, 1.807) is 4.90 Å². The highest BCUT2D eigenvalue weighted by atomic mass is 32.2. The van der Waals surface area contributed by atoms with Crippen molar-refractivity contribution in [1.29, 1.82) is 0 Å². The van der Waals surface area contributed by atoms with Gasteiger partial charge in [-0.25, -0.2) is 4.79 Å². The number of rotatable bonds is 9. The van der Waals surface area contributed by atoms with Crippen LogP contribution in [-0.2, 0) is 20.9 Å². The van der Waals surface area contributed by atoms with E-state index in [4.69, 9.17) is 10.5 Å². The molecule has 11 heteroatoms. The Kier molecular flexibility index (Phi) is 7.98. The van der Waals surface area contributed by atoms with Crippen LogP contribution in [0.1, 0.15) is 20.3 Å². The number of fused-ring (bicyclic) bond motifs is 1. The Morgan fingerprint density at radius 1 is 1.27 bits per heavy atom. The van der Waals surface area contributed by atoms with E-state index < -0.39 is 17.2 Å². The van der Waals surface area contributed by atoms with Gasteiger partial charge in [0.15, 0.2) is 5.69 Å². The average molecular weight is 476 g/mol. The third-order valence-corrected chi connectivity index (χ3v) is 6.26. The van der Waals surface area contributed by atoms with Crippen molar-refractivity contribution in [2.45, 2.75) is 31.7 Å². The fourth-order valence-corrected chi connectivity index (χ4v) is 4.61. The number of hydrogen-bond donors (Lipinski definition) is 2. The molecular formula is C22H29N5O5S. The lowest BCUT2D eigenvalue weighted by Gasteiger charge is -2.30. The van der Waals surface area contributed by atoms with Crippen LogP contribution in [0.5, 0.6) is 0 Å². The number of hydrogen-bond acceptors (Lipinski definition) is 7. The monoisotopic (exact) mass is 475 g/mol. The zero-order chi connectivity index (χ0) is 24.1. The number of aromatic nitrogens is 2. The molecule has 10 nitrogen and oxygen atoms in total. The predicted molar refractivity (Wildman–Crippen MR) is 129 cm³/mol. The highest BCUT2D eigenvalue weighted by Crippen LogP contribution is 2.35. The molecule has 0 aliphatic carbocycles. The number of methoxy groups -OCH3 is 1. The summed E-state index contributed by atoms with van der Waals surface area (Å²) in [6.07, 6.45) is -0.0311. The largest absolute Gasteiger partial charge is 0.383 e. The molecule has 0 saturated heterocycles. The molecule has 3 N–H and O–H groups in total. The van der Waals surface area contributed by atoms with Crippen LogP contribution in [0, 0.1) is 5.92 Å². The Labute approximate surface area is 195 Å². The Morgan fingerprint density at radius 2 is 2.00 bits per heavy atom. The maximum absolute atomic E-state index is 13.3. The number of thioether (sulfide) groups is 1. The van der Waals surface area contributed by atoms with E-state index in [9.17, 15) is 19.2 Å². The molecule has 2 heterocycles. The Bertz CT molecular complexity index is 1140. The number of carbonyl (C=O) groups excluding carboxylic acids is 2. The van der Waals surface area contributed by atoms with Crippen LogP contribution in [0.4, 0.5) is 17.2 Å². The van der Waals surface area contributed by atoms with E-state index in [-0.39, 0.29) is 56.0 Å². The summed E-state index contributed by atoms with van der Waals surface area (Å²) in [5.74, 6) is -0.168. The lowest BCUT2D eigenvalue weighted by molar-refractivity contribution is -0.118. The first-order valence-electron chi connectivity index (χ1n) is 10.7. The molecule has 2 amide bonds. The minimum absolute atomic E-state index is 0.0311. The maximum Gasteiger partial charge on any atom is 0.330 e. The summed E-state index contributed by atoms with van der Waals surface area (Å²) in [5, 5.41) is 0. The number of nitrogen functional groups attached to an aromatic ring is 1. The molecule has 0 fully saturated rings. The van der Waals surface area contributed by atoms with Crippen LogP contribution in [-0.4, -0.2) is 53.9 Å². The van der Waals surface area contributed by atoms with Crippen LogP contribution < -0.4 is 26.8 Å². The van der Waals surface area contributed by atoms with E-state index in [2.05, 4.69) is 4.98 Å². The number of amides is 2. The summed E-state index contributed by atoms with van der Waals surface area (Å²) in [7, 11) is 1.48. The van der Waals surface area contributed by atoms with Crippen LogP contribution in [0.25, 0.3) is 0 Å². The van der Waals surface area contributed by atoms with Crippen molar-refractivity contribution in [3.8, 4) is 0 Å². The maximum atomic E-state index is 13.3. The summed E-state index contributed by atoms with van der Waals surface area (Å²) in [5.41, 5.74) is 5.52. The number of nitrogens with one attached hydrogen (secondary N) is 1. The summed E-state index contributed by atoms with van der Waals surface area (Å²) in [4.78, 5) is 56.8. The highest BCUT2D eigenvalue weighted by Gasteiger charge is 2.28. The summed E-state index contributed by atoms with van der Waals surface area (Å²) in [6.45, 7) is 4.51. The Balaban J connectivity index is 1.90. The van der Waals surface area contributed by atoms with Crippen molar-refractivity contribution >= 4 is 40.8 Å². The first-order chi connectivity index (χ1) is 15.7. The van der Waals surface area contributed by atoms with E-state index in [1.807, 2.05) is 38.1 Å². The average Bonchev–Trinajstić information content (AvgIpc) is 2.77. The van der Waals surface area contributed by atoms with Crippen molar-refractivity contribution < 1.29 is 14.3 Å². The molecule has 0 radical (unpaired) electrons. The summed E-state index contributed by atoms with van der Waals surface area (Å²) < 4.78 is 6.38. The van der Waals surface area contributed by atoms with E-state index in [1.165, 1.54) is 28.3 Å². The number of anilines is 3. The van der Waals surface area contributed by atoms with Crippen LogP contribution in [0.2, 0.25) is 0 Å². The smallest absolute Gasteiger partial charge is 0.330 e. The molecule has 0 saturated carbocycles. The summed E-state index contributed by atoms with van der Waals surface area (Å²) in [6, 6.07) is 7.52. The van der Waals surface area contributed by atoms with Gasteiger partial charge in [0, 0.05) is 38.1 Å². The van der Waals surface area contributed by atoms with E-state index in [0.29, 0.717) is 5.75 Å². The number of ether oxygens (including phenoxy) is 1. The number of nitrogens with zero attached hydrogens (tertiary/aromatic N) is 3. The van der Waals surface area contributed by atoms with Gasteiger partial charge in [-0.05, 0) is 18.1 Å². The van der Waals surface area contributed by atoms with Crippen LogP contribution in [0.3, 0.4) is 0 Å². The number of benzene rings is 1. The fraction of sp³-hybridized carbons (Fsp3) is 0.455. The standard InChI is InChI=1S/C22H29N5O5S/c1-14(2)12-27-20(23)19(21(30)24-22(27)31)26(10-11-32-3)17(28)8-9-25-15-6-4-5-7-16(15)33-13-18(25)29/h4-7,14H,8-13,23H2,1-3H3,(H,24,30,31). The van der Waals surface area contributed by atoms with Gasteiger partial charge in [0.2, 0.25) is 11.8 Å². The minimum Gasteiger partial charge on any atom is -0.383 e. The van der Waals surface area contributed by atoms with Gasteiger partial charge in [-0.15, -0.1) is 11.8 Å². The predicted octanol–water partition coefficient (Wildman–Crippen LogP) is 1.28. The van der Waals surface area contributed by atoms with Gasteiger partial charge in [0.25, 0.3) is 5.56 Å².